The number of esters is 1. The number of thiophene rings is 2. The lowest BCUT2D eigenvalue weighted by atomic mass is 10.1. The van der Waals surface area contributed by atoms with Gasteiger partial charge in [0.25, 0.3) is 0 Å². The average Bonchev–Trinajstić information content (AvgIpc) is 2.83. The lowest BCUT2D eigenvalue weighted by molar-refractivity contribution is 0.0380. The minimum absolute atomic E-state index is 0.153. The number of halogens is 1. The van der Waals surface area contributed by atoms with Crippen molar-refractivity contribution in [2.45, 2.75) is 20.0 Å². The first kappa shape index (κ1) is 13.6. The third-order valence-electron chi connectivity index (χ3n) is 2.20. The van der Waals surface area contributed by atoms with Crippen LogP contribution in [0.1, 0.15) is 24.2 Å². The molecular formula is C12H12BrNO2S2. The van der Waals surface area contributed by atoms with Crippen LogP contribution in [0.25, 0.3) is 10.4 Å². The second-order valence-corrected chi connectivity index (χ2v) is 6.71. The predicted octanol–water partition coefficient (Wildman–Crippen LogP) is 4.39. The highest BCUT2D eigenvalue weighted by molar-refractivity contribution is 9.10. The molecule has 0 saturated carbocycles. The number of hydrogen-bond donors (Lipinski definition) is 1. The van der Waals surface area contributed by atoms with Gasteiger partial charge in [0, 0.05) is 25.7 Å². The highest BCUT2D eigenvalue weighted by Crippen LogP contribution is 2.38. The summed E-state index contributed by atoms with van der Waals surface area (Å²) in [6.45, 7) is 3.64. The van der Waals surface area contributed by atoms with E-state index in [0.717, 1.165) is 14.9 Å². The van der Waals surface area contributed by atoms with Crippen LogP contribution in [0.3, 0.4) is 0 Å². The second kappa shape index (κ2) is 5.42. The van der Waals surface area contributed by atoms with Gasteiger partial charge in [-0.1, -0.05) is 0 Å². The van der Waals surface area contributed by atoms with Crippen LogP contribution in [0.5, 0.6) is 0 Å². The van der Waals surface area contributed by atoms with Gasteiger partial charge in [-0.2, -0.15) is 0 Å². The molecular weight excluding hydrogens is 334 g/mol. The number of carbonyl (C=O) groups excluding carboxylic acids is 1. The third kappa shape index (κ3) is 2.76. The van der Waals surface area contributed by atoms with Crippen LogP contribution < -0.4 is 5.73 Å². The summed E-state index contributed by atoms with van der Waals surface area (Å²) >= 11 is 6.33. The van der Waals surface area contributed by atoms with E-state index in [9.17, 15) is 4.79 Å². The maximum Gasteiger partial charge on any atom is 0.342 e. The summed E-state index contributed by atoms with van der Waals surface area (Å²) in [6, 6.07) is 1.97. The average molecular weight is 346 g/mol. The summed E-state index contributed by atoms with van der Waals surface area (Å²) in [4.78, 5) is 13.0. The Kier molecular flexibility index (Phi) is 4.09. The van der Waals surface area contributed by atoms with Gasteiger partial charge in [0.2, 0.25) is 0 Å². The number of anilines is 1. The molecule has 2 N–H and O–H groups in total. The molecule has 2 aromatic heterocycles. The SMILES string of the molecule is CC(C)OC(=O)c1c(-c2cc(Br)cs2)csc1N. The lowest BCUT2D eigenvalue weighted by Gasteiger charge is -2.08. The largest absolute Gasteiger partial charge is 0.459 e. The maximum atomic E-state index is 12.0. The summed E-state index contributed by atoms with van der Waals surface area (Å²) in [6.07, 6.45) is -0.153. The van der Waals surface area contributed by atoms with Gasteiger partial charge < -0.3 is 10.5 Å². The first-order valence-corrected chi connectivity index (χ1v) is 7.86. The van der Waals surface area contributed by atoms with Crippen molar-refractivity contribution in [3.8, 4) is 10.4 Å². The van der Waals surface area contributed by atoms with E-state index in [1.165, 1.54) is 11.3 Å². The normalized spacial score (nSPS) is 10.9. The Morgan fingerprint density at radius 3 is 2.67 bits per heavy atom. The van der Waals surface area contributed by atoms with Gasteiger partial charge in [-0.15, -0.1) is 22.7 Å². The van der Waals surface area contributed by atoms with Crippen LogP contribution in [0.4, 0.5) is 5.00 Å². The smallest absolute Gasteiger partial charge is 0.342 e. The molecule has 96 valence electrons. The standard InChI is InChI=1S/C12H12BrNO2S2/c1-6(2)16-12(15)10-8(5-18-11(10)14)9-3-7(13)4-17-9/h3-6H,14H2,1-2H3. The van der Waals surface area contributed by atoms with Crippen molar-refractivity contribution in [2.24, 2.45) is 0 Å². The first-order valence-electron chi connectivity index (χ1n) is 5.31. The van der Waals surface area contributed by atoms with Crippen LogP contribution in [0.2, 0.25) is 0 Å². The molecule has 0 aromatic carbocycles. The monoisotopic (exact) mass is 345 g/mol. The van der Waals surface area contributed by atoms with E-state index in [-0.39, 0.29) is 12.1 Å². The maximum absolute atomic E-state index is 12.0. The Balaban J connectivity index is 2.41. The number of carbonyl (C=O) groups is 1. The molecule has 6 heteroatoms. The fraction of sp³-hybridized carbons (Fsp3) is 0.250. The van der Waals surface area contributed by atoms with E-state index in [2.05, 4.69) is 15.9 Å². The minimum atomic E-state index is -0.358. The van der Waals surface area contributed by atoms with Crippen LogP contribution in [0, 0.1) is 0 Å². The highest BCUT2D eigenvalue weighted by atomic mass is 79.9. The van der Waals surface area contributed by atoms with Gasteiger partial charge in [0.1, 0.15) is 10.6 Å². The van der Waals surface area contributed by atoms with E-state index in [1.807, 2.05) is 30.7 Å². The molecule has 2 aromatic rings. The van der Waals surface area contributed by atoms with Gasteiger partial charge in [-0.05, 0) is 35.8 Å². The van der Waals surface area contributed by atoms with Gasteiger partial charge in [-0.3, -0.25) is 0 Å². The van der Waals surface area contributed by atoms with Crippen LogP contribution >= 0.6 is 38.6 Å². The van der Waals surface area contributed by atoms with Crippen molar-refractivity contribution in [2.75, 3.05) is 5.73 Å². The highest BCUT2D eigenvalue weighted by Gasteiger charge is 2.21. The van der Waals surface area contributed by atoms with Gasteiger partial charge in [0.15, 0.2) is 0 Å². The van der Waals surface area contributed by atoms with E-state index in [1.54, 1.807) is 11.3 Å². The zero-order valence-electron chi connectivity index (χ0n) is 9.90. The molecule has 0 saturated heterocycles. The Morgan fingerprint density at radius 1 is 1.39 bits per heavy atom. The third-order valence-corrected chi connectivity index (χ3v) is 4.74. The molecule has 0 aliphatic carbocycles. The number of hydrogen-bond acceptors (Lipinski definition) is 5. The zero-order valence-corrected chi connectivity index (χ0v) is 13.1. The van der Waals surface area contributed by atoms with E-state index in [0.29, 0.717) is 10.6 Å². The van der Waals surface area contributed by atoms with Gasteiger partial charge in [-0.25, -0.2) is 4.79 Å². The number of ether oxygens (including phenoxy) is 1. The molecule has 0 atom stereocenters. The Hall–Kier alpha value is -0.850. The van der Waals surface area contributed by atoms with Crippen LogP contribution in [-0.2, 0) is 4.74 Å². The van der Waals surface area contributed by atoms with Crippen LogP contribution in [-0.4, -0.2) is 12.1 Å². The summed E-state index contributed by atoms with van der Waals surface area (Å²) in [7, 11) is 0. The summed E-state index contributed by atoms with van der Waals surface area (Å²) in [5.41, 5.74) is 7.19. The van der Waals surface area contributed by atoms with Gasteiger partial charge in [0.05, 0.1) is 6.10 Å². The summed E-state index contributed by atoms with van der Waals surface area (Å²) in [5, 5.41) is 4.37. The van der Waals surface area contributed by atoms with Crippen molar-refractivity contribution in [1.29, 1.82) is 0 Å². The van der Waals surface area contributed by atoms with Gasteiger partial charge >= 0.3 is 5.97 Å². The molecule has 18 heavy (non-hydrogen) atoms. The quantitative estimate of drug-likeness (QED) is 0.839. The molecule has 2 rings (SSSR count). The molecule has 0 bridgehead atoms. The molecule has 0 unspecified atom stereocenters. The van der Waals surface area contributed by atoms with E-state index in [4.69, 9.17) is 10.5 Å². The molecule has 0 aliphatic rings. The van der Waals surface area contributed by atoms with Crippen molar-refractivity contribution in [1.82, 2.24) is 0 Å². The molecule has 0 radical (unpaired) electrons. The minimum Gasteiger partial charge on any atom is -0.459 e. The summed E-state index contributed by atoms with van der Waals surface area (Å²) < 4.78 is 6.22. The summed E-state index contributed by atoms with van der Waals surface area (Å²) in [5.74, 6) is -0.358. The molecule has 3 nitrogen and oxygen atoms in total. The molecule has 2 heterocycles. The van der Waals surface area contributed by atoms with Crippen molar-refractivity contribution in [3.05, 3.63) is 26.9 Å². The number of nitrogens with two attached hydrogens (primary N) is 1. The fourth-order valence-electron chi connectivity index (χ4n) is 1.49. The predicted molar refractivity (Wildman–Crippen MR) is 80.3 cm³/mol. The first-order chi connectivity index (χ1) is 8.49. The molecule has 0 amide bonds. The van der Waals surface area contributed by atoms with E-state index < -0.39 is 0 Å². The fourth-order valence-corrected chi connectivity index (χ4v) is 3.82. The number of rotatable bonds is 3. The van der Waals surface area contributed by atoms with Crippen molar-refractivity contribution in [3.63, 3.8) is 0 Å². The Bertz CT molecular complexity index is 574. The van der Waals surface area contributed by atoms with Crippen LogP contribution in [0.15, 0.2) is 21.3 Å². The zero-order chi connectivity index (χ0) is 13.3. The van der Waals surface area contributed by atoms with Crippen molar-refractivity contribution >= 4 is 49.6 Å². The van der Waals surface area contributed by atoms with Crippen molar-refractivity contribution < 1.29 is 9.53 Å². The molecule has 0 aliphatic heterocycles. The Labute approximate surface area is 122 Å². The topological polar surface area (TPSA) is 52.3 Å². The Morgan fingerprint density at radius 2 is 2.11 bits per heavy atom. The molecule has 0 fully saturated rings. The molecule has 0 spiro atoms. The van der Waals surface area contributed by atoms with E-state index >= 15 is 0 Å². The number of nitrogen functional groups attached to an aromatic ring is 1. The lowest BCUT2D eigenvalue weighted by Crippen LogP contribution is -2.12. The second-order valence-electron chi connectivity index (χ2n) is 3.97.